The molecule has 7 heteroatoms. The number of nitrogens with one attached hydrogen (secondary N) is 1. The number of anilines is 1. The molecule has 0 unspecified atom stereocenters. The number of amides is 1. The predicted octanol–water partition coefficient (Wildman–Crippen LogP) is 2.68. The number of carbonyl (C=O) groups is 1. The number of halogens is 2. The summed E-state index contributed by atoms with van der Waals surface area (Å²) in [6.07, 6.45) is 3.21. The van der Waals surface area contributed by atoms with Crippen LogP contribution < -0.4 is 5.32 Å². The molecule has 1 aromatic carbocycles. The lowest BCUT2D eigenvalue weighted by molar-refractivity contribution is 0.102. The second-order valence-corrected chi connectivity index (χ2v) is 4.92. The first kappa shape index (κ1) is 14.7. The Bertz CT molecular complexity index is 615. The molecule has 5 nitrogen and oxygen atoms in total. The Labute approximate surface area is 123 Å². The van der Waals surface area contributed by atoms with E-state index in [-0.39, 0.29) is 5.56 Å². The van der Waals surface area contributed by atoms with Crippen molar-refractivity contribution in [2.45, 2.75) is 6.54 Å². The zero-order valence-corrected chi connectivity index (χ0v) is 12.4. The molecule has 20 heavy (non-hydrogen) atoms. The molecule has 0 aliphatic carbocycles. The molecule has 1 aromatic heterocycles. The second-order valence-electron chi connectivity index (χ2n) is 4.06. The van der Waals surface area contributed by atoms with Crippen molar-refractivity contribution < 1.29 is 13.9 Å². The van der Waals surface area contributed by atoms with Crippen molar-refractivity contribution in [1.29, 1.82) is 0 Å². The molecule has 1 heterocycles. The Morgan fingerprint density at radius 3 is 3.10 bits per heavy atom. The summed E-state index contributed by atoms with van der Waals surface area (Å²) in [5.74, 6) is -0.864. The van der Waals surface area contributed by atoms with Crippen molar-refractivity contribution in [3.63, 3.8) is 0 Å². The van der Waals surface area contributed by atoms with Gasteiger partial charge in [-0.05, 0) is 34.1 Å². The van der Waals surface area contributed by atoms with Gasteiger partial charge in [-0.3, -0.25) is 9.48 Å². The van der Waals surface area contributed by atoms with Gasteiger partial charge in [0.2, 0.25) is 0 Å². The van der Waals surface area contributed by atoms with Crippen LogP contribution in [0.4, 0.5) is 10.1 Å². The average molecular weight is 342 g/mol. The van der Waals surface area contributed by atoms with Crippen molar-refractivity contribution in [3.05, 3.63) is 46.4 Å². The van der Waals surface area contributed by atoms with Crippen LogP contribution in [0.2, 0.25) is 0 Å². The van der Waals surface area contributed by atoms with Gasteiger partial charge < -0.3 is 10.1 Å². The Morgan fingerprint density at radius 2 is 2.35 bits per heavy atom. The number of methoxy groups -OCH3 is 1. The number of hydrogen-bond donors (Lipinski definition) is 1. The molecule has 0 bridgehead atoms. The lowest BCUT2D eigenvalue weighted by Gasteiger charge is -2.05. The number of nitrogens with zero attached hydrogens (tertiary/aromatic N) is 2. The summed E-state index contributed by atoms with van der Waals surface area (Å²) in [6.45, 7) is 1.13. The van der Waals surface area contributed by atoms with E-state index >= 15 is 0 Å². The zero-order chi connectivity index (χ0) is 14.5. The van der Waals surface area contributed by atoms with Crippen LogP contribution in [0.15, 0.2) is 35.1 Å². The largest absolute Gasteiger partial charge is 0.383 e. The van der Waals surface area contributed by atoms with E-state index < -0.39 is 11.7 Å². The monoisotopic (exact) mass is 341 g/mol. The predicted molar refractivity (Wildman–Crippen MR) is 76.2 cm³/mol. The van der Waals surface area contributed by atoms with Crippen LogP contribution >= 0.6 is 15.9 Å². The van der Waals surface area contributed by atoms with Crippen molar-refractivity contribution in [2.24, 2.45) is 0 Å². The highest BCUT2D eigenvalue weighted by Crippen LogP contribution is 2.19. The van der Waals surface area contributed by atoms with Crippen LogP contribution in [0.1, 0.15) is 10.4 Å². The minimum absolute atomic E-state index is 0.231. The van der Waals surface area contributed by atoms with Crippen molar-refractivity contribution in [2.75, 3.05) is 19.0 Å². The van der Waals surface area contributed by atoms with Gasteiger partial charge in [-0.2, -0.15) is 5.10 Å². The van der Waals surface area contributed by atoms with Crippen LogP contribution in [0.25, 0.3) is 0 Å². The Kier molecular flexibility index (Phi) is 4.86. The molecule has 1 amide bonds. The van der Waals surface area contributed by atoms with Gasteiger partial charge in [0.25, 0.3) is 5.91 Å². The molecule has 0 spiro atoms. The third-order valence-electron chi connectivity index (χ3n) is 2.59. The molecule has 0 saturated heterocycles. The lowest BCUT2D eigenvalue weighted by atomic mass is 10.2. The SMILES string of the molecule is COCCn1cc(NC(=O)c2cc(F)ccc2Br)cn1. The lowest BCUT2D eigenvalue weighted by Crippen LogP contribution is -2.12. The fourth-order valence-electron chi connectivity index (χ4n) is 1.61. The summed E-state index contributed by atoms with van der Waals surface area (Å²) >= 11 is 3.22. The highest BCUT2D eigenvalue weighted by Gasteiger charge is 2.12. The molecular formula is C13H13BrFN3O2. The van der Waals surface area contributed by atoms with E-state index in [1.165, 1.54) is 24.4 Å². The van der Waals surface area contributed by atoms with Gasteiger partial charge in [0.1, 0.15) is 5.82 Å². The maximum atomic E-state index is 13.2. The van der Waals surface area contributed by atoms with Crippen LogP contribution in [0, 0.1) is 5.82 Å². The Morgan fingerprint density at radius 1 is 1.55 bits per heavy atom. The van der Waals surface area contributed by atoms with Gasteiger partial charge in [-0.1, -0.05) is 0 Å². The van der Waals surface area contributed by atoms with Crippen LogP contribution in [-0.2, 0) is 11.3 Å². The van der Waals surface area contributed by atoms with Gasteiger partial charge in [0, 0.05) is 17.8 Å². The van der Waals surface area contributed by atoms with E-state index in [4.69, 9.17) is 4.74 Å². The third kappa shape index (κ3) is 3.64. The average Bonchev–Trinajstić information content (AvgIpc) is 2.86. The quantitative estimate of drug-likeness (QED) is 0.909. The van der Waals surface area contributed by atoms with E-state index in [1.807, 2.05) is 0 Å². The summed E-state index contributed by atoms with van der Waals surface area (Å²) in [4.78, 5) is 12.0. The first-order valence-corrected chi connectivity index (χ1v) is 6.67. The molecule has 0 saturated carbocycles. The van der Waals surface area contributed by atoms with Gasteiger partial charge >= 0.3 is 0 Å². The van der Waals surface area contributed by atoms with Crippen LogP contribution in [0.5, 0.6) is 0 Å². The highest BCUT2D eigenvalue weighted by atomic mass is 79.9. The summed E-state index contributed by atoms with van der Waals surface area (Å²) in [7, 11) is 1.60. The number of hydrogen-bond acceptors (Lipinski definition) is 3. The molecule has 0 aliphatic rings. The number of carbonyl (C=O) groups excluding carboxylic acids is 1. The summed E-state index contributed by atoms with van der Waals surface area (Å²) in [6, 6.07) is 3.95. The number of rotatable bonds is 5. The zero-order valence-electron chi connectivity index (χ0n) is 10.8. The summed E-state index contributed by atoms with van der Waals surface area (Å²) in [5, 5.41) is 6.74. The molecule has 1 N–H and O–H groups in total. The molecule has 0 radical (unpaired) electrons. The van der Waals surface area contributed by atoms with E-state index in [0.29, 0.717) is 23.3 Å². The minimum atomic E-state index is -0.464. The first-order valence-electron chi connectivity index (χ1n) is 5.88. The normalized spacial score (nSPS) is 10.6. The van der Waals surface area contributed by atoms with Crippen LogP contribution in [-0.4, -0.2) is 29.4 Å². The number of benzene rings is 1. The Hall–Kier alpha value is -1.73. The molecule has 0 atom stereocenters. The maximum absolute atomic E-state index is 13.2. The molecule has 2 rings (SSSR count). The molecular weight excluding hydrogens is 329 g/mol. The standard InChI is InChI=1S/C13H13BrFN3O2/c1-20-5-4-18-8-10(7-16-18)17-13(19)11-6-9(15)2-3-12(11)14/h2-3,6-8H,4-5H2,1H3,(H,17,19). The molecule has 0 aliphatic heterocycles. The van der Waals surface area contributed by atoms with E-state index in [9.17, 15) is 9.18 Å². The van der Waals surface area contributed by atoms with Gasteiger partial charge in [-0.25, -0.2) is 4.39 Å². The fraction of sp³-hybridized carbons (Fsp3) is 0.231. The fourth-order valence-corrected chi connectivity index (χ4v) is 2.03. The van der Waals surface area contributed by atoms with E-state index in [0.717, 1.165) is 0 Å². The smallest absolute Gasteiger partial charge is 0.256 e. The van der Waals surface area contributed by atoms with Gasteiger partial charge in [0.15, 0.2) is 0 Å². The third-order valence-corrected chi connectivity index (χ3v) is 3.28. The molecule has 106 valence electrons. The summed E-state index contributed by atoms with van der Waals surface area (Å²) < 4.78 is 20.3. The van der Waals surface area contributed by atoms with Crippen molar-refractivity contribution >= 4 is 27.5 Å². The second kappa shape index (κ2) is 6.62. The van der Waals surface area contributed by atoms with Gasteiger partial charge in [0.05, 0.1) is 30.6 Å². The summed E-state index contributed by atoms with van der Waals surface area (Å²) in [5.41, 5.74) is 0.775. The van der Waals surface area contributed by atoms with E-state index in [2.05, 4.69) is 26.3 Å². The highest BCUT2D eigenvalue weighted by molar-refractivity contribution is 9.10. The molecule has 2 aromatic rings. The maximum Gasteiger partial charge on any atom is 0.256 e. The topological polar surface area (TPSA) is 56.1 Å². The Balaban J connectivity index is 2.07. The first-order chi connectivity index (χ1) is 9.60. The number of aromatic nitrogens is 2. The van der Waals surface area contributed by atoms with Gasteiger partial charge in [-0.15, -0.1) is 0 Å². The number of ether oxygens (including phenoxy) is 1. The van der Waals surface area contributed by atoms with E-state index in [1.54, 1.807) is 18.0 Å². The minimum Gasteiger partial charge on any atom is -0.383 e. The van der Waals surface area contributed by atoms with Crippen molar-refractivity contribution in [3.8, 4) is 0 Å². The van der Waals surface area contributed by atoms with Crippen LogP contribution in [0.3, 0.4) is 0 Å². The van der Waals surface area contributed by atoms with Crippen molar-refractivity contribution in [1.82, 2.24) is 9.78 Å². The molecule has 0 fully saturated rings.